The molecule has 0 bridgehead atoms. The molecule has 3 heterocycles. The molecular formula is C22H18N4O2. The Bertz CT molecular complexity index is 1050. The zero-order valence-electron chi connectivity index (χ0n) is 15.2. The van der Waals surface area contributed by atoms with E-state index in [4.69, 9.17) is 0 Å². The Morgan fingerprint density at radius 2 is 1.36 bits per heavy atom. The molecule has 1 saturated heterocycles. The maximum atomic E-state index is 12.8. The van der Waals surface area contributed by atoms with E-state index in [1.165, 1.54) is 0 Å². The topological polar surface area (TPSA) is 56.8 Å². The van der Waals surface area contributed by atoms with Crippen molar-refractivity contribution >= 4 is 34.8 Å². The summed E-state index contributed by atoms with van der Waals surface area (Å²) in [5.74, 6) is 0.696. The van der Waals surface area contributed by atoms with Crippen LogP contribution in [-0.2, 0) is 11.2 Å². The van der Waals surface area contributed by atoms with Gasteiger partial charge in [0.25, 0.3) is 0 Å². The van der Waals surface area contributed by atoms with Crippen LogP contribution in [0.3, 0.4) is 0 Å². The van der Waals surface area contributed by atoms with Crippen LogP contribution in [0.2, 0.25) is 0 Å². The number of nitrogens with zero attached hydrogens (tertiary/aromatic N) is 4. The molecule has 6 heteroatoms. The lowest BCUT2D eigenvalue weighted by atomic mass is 10.2. The normalized spacial score (nSPS) is 16.1. The van der Waals surface area contributed by atoms with Gasteiger partial charge in [0.15, 0.2) is 0 Å². The first-order chi connectivity index (χ1) is 13.7. The molecule has 138 valence electrons. The third kappa shape index (κ3) is 2.62. The van der Waals surface area contributed by atoms with Crippen molar-refractivity contribution in [1.29, 1.82) is 0 Å². The fourth-order valence-corrected chi connectivity index (χ4v) is 3.80. The lowest BCUT2D eigenvalue weighted by Gasteiger charge is -2.20. The second-order valence-corrected chi connectivity index (χ2v) is 6.83. The molecule has 3 amide bonds. The number of rotatable bonds is 3. The Kier molecular flexibility index (Phi) is 3.83. The first-order valence-corrected chi connectivity index (χ1v) is 9.23. The van der Waals surface area contributed by atoms with Gasteiger partial charge in [-0.2, -0.15) is 0 Å². The average molecular weight is 370 g/mol. The summed E-state index contributed by atoms with van der Waals surface area (Å²) in [6.07, 6.45) is 2.06. The molecule has 0 N–H and O–H groups in total. The summed E-state index contributed by atoms with van der Waals surface area (Å²) in [7, 11) is 0. The number of urea groups is 1. The van der Waals surface area contributed by atoms with Crippen LogP contribution in [0, 0.1) is 0 Å². The number of fused-ring (bicyclic) bond motifs is 1. The molecule has 0 saturated carbocycles. The van der Waals surface area contributed by atoms with Gasteiger partial charge in [-0.15, -0.1) is 0 Å². The minimum Gasteiger partial charge on any atom is -0.292 e. The molecule has 2 aliphatic rings. The van der Waals surface area contributed by atoms with Crippen molar-refractivity contribution < 1.29 is 9.59 Å². The van der Waals surface area contributed by atoms with E-state index in [0.717, 1.165) is 22.6 Å². The second-order valence-electron chi connectivity index (χ2n) is 6.83. The van der Waals surface area contributed by atoms with Crippen molar-refractivity contribution in [3.8, 4) is 0 Å². The molecule has 1 fully saturated rings. The number of benzene rings is 2. The largest absolute Gasteiger partial charge is 0.329 e. The minimum absolute atomic E-state index is 0.00829. The van der Waals surface area contributed by atoms with E-state index in [0.29, 0.717) is 25.3 Å². The summed E-state index contributed by atoms with van der Waals surface area (Å²) >= 11 is 0. The number of carbonyl (C=O) groups excluding carboxylic acids is 2. The highest BCUT2D eigenvalue weighted by Crippen LogP contribution is 2.34. The van der Waals surface area contributed by atoms with E-state index in [1.807, 2.05) is 66.7 Å². The van der Waals surface area contributed by atoms with Crippen LogP contribution in [-0.4, -0.2) is 30.0 Å². The maximum Gasteiger partial charge on any atom is 0.329 e. The average Bonchev–Trinajstić information content (AvgIpc) is 3.28. The Morgan fingerprint density at radius 3 is 2.07 bits per heavy atom. The van der Waals surface area contributed by atoms with Crippen LogP contribution in [0.25, 0.3) is 0 Å². The molecule has 6 nitrogen and oxygen atoms in total. The molecular weight excluding hydrogens is 352 g/mol. The lowest BCUT2D eigenvalue weighted by molar-refractivity contribution is -0.116. The molecule has 5 rings (SSSR count). The summed E-state index contributed by atoms with van der Waals surface area (Å²) in [6.45, 7) is 1.27. The monoisotopic (exact) mass is 370 g/mol. The Morgan fingerprint density at radius 1 is 0.714 bits per heavy atom. The second kappa shape index (κ2) is 6.49. The van der Waals surface area contributed by atoms with E-state index in [1.54, 1.807) is 20.9 Å². The fraction of sp³-hybridized carbons (Fsp3) is 0.136. The summed E-state index contributed by atoms with van der Waals surface area (Å²) in [6, 6.07) is 20.9. The van der Waals surface area contributed by atoms with Gasteiger partial charge < -0.3 is 0 Å². The molecule has 2 aromatic carbocycles. The number of aromatic nitrogens is 1. The van der Waals surface area contributed by atoms with Crippen molar-refractivity contribution in [2.45, 2.75) is 6.42 Å². The van der Waals surface area contributed by atoms with Crippen molar-refractivity contribution in [3.63, 3.8) is 0 Å². The van der Waals surface area contributed by atoms with Crippen LogP contribution in [0.1, 0.15) is 5.56 Å². The fourth-order valence-electron chi connectivity index (χ4n) is 3.80. The first kappa shape index (κ1) is 16.5. The minimum atomic E-state index is -0.0387. The SMILES string of the molecule is O=C1N(c2ccccc2)CCN1c1ccc(N2C(=O)Cc3cccnc32)cc1. The van der Waals surface area contributed by atoms with Gasteiger partial charge in [-0.3, -0.25) is 19.5 Å². The molecule has 2 aliphatic heterocycles. The molecule has 0 radical (unpaired) electrons. The predicted octanol–water partition coefficient (Wildman–Crippen LogP) is 3.75. The van der Waals surface area contributed by atoms with Crippen molar-refractivity contribution in [3.05, 3.63) is 78.5 Å². The van der Waals surface area contributed by atoms with Gasteiger partial charge in [-0.1, -0.05) is 24.3 Å². The standard InChI is InChI=1S/C22H18N4O2/c27-20-15-16-5-4-12-23-21(16)26(20)19-10-8-18(9-11-19)25-14-13-24(22(25)28)17-6-2-1-3-7-17/h1-12H,13-15H2. The molecule has 0 aliphatic carbocycles. The van der Waals surface area contributed by atoms with E-state index in [9.17, 15) is 9.59 Å². The molecule has 0 spiro atoms. The molecule has 28 heavy (non-hydrogen) atoms. The highest BCUT2D eigenvalue weighted by atomic mass is 16.2. The summed E-state index contributed by atoms with van der Waals surface area (Å²) in [5, 5.41) is 0. The third-order valence-electron chi connectivity index (χ3n) is 5.17. The van der Waals surface area contributed by atoms with E-state index < -0.39 is 0 Å². The summed E-state index contributed by atoms with van der Waals surface area (Å²) in [5.41, 5.74) is 3.42. The quantitative estimate of drug-likeness (QED) is 0.706. The van der Waals surface area contributed by atoms with Crippen LogP contribution >= 0.6 is 0 Å². The third-order valence-corrected chi connectivity index (χ3v) is 5.17. The van der Waals surface area contributed by atoms with Gasteiger partial charge in [0, 0.05) is 36.2 Å². The number of amides is 3. The first-order valence-electron chi connectivity index (χ1n) is 9.23. The summed E-state index contributed by atoms with van der Waals surface area (Å²) < 4.78 is 0. The highest BCUT2D eigenvalue weighted by Gasteiger charge is 2.32. The van der Waals surface area contributed by atoms with Crippen LogP contribution in [0.5, 0.6) is 0 Å². The van der Waals surface area contributed by atoms with E-state index in [2.05, 4.69) is 4.98 Å². The van der Waals surface area contributed by atoms with Gasteiger partial charge in [0.1, 0.15) is 5.82 Å². The van der Waals surface area contributed by atoms with Crippen molar-refractivity contribution in [1.82, 2.24) is 4.98 Å². The zero-order chi connectivity index (χ0) is 19.1. The zero-order valence-corrected chi connectivity index (χ0v) is 15.2. The number of hydrogen-bond donors (Lipinski definition) is 0. The molecule has 1 aromatic heterocycles. The van der Waals surface area contributed by atoms with E-state index in [-0.39, 0.29) is 11.9 Å². The van der Waals surface area contributed by atoms with Gasteiger partial charge >= 0.3 is 6.03 Å². The molecule has 3 aromatic rings. The van der Waals surface area contributed by atoms with Gasteiger partial charge in [-0.05, 0) is 42.5 Å². The molecule has 0 atom stereocenters. The predicted molar refractivity (Wildman–Crippen MR) is 108 cm³/mol. The van der Waals surface area contributed by atoms with Crippen LogP contribution < -0.4 is 14.7 Å². The maximum absolute atomic E-state index is 12.8. The Labute approximate surface area is 162 Å². The summed E-state index contributed by atoms with van der Waals surface area (Å²) in [4.78, 5) is 34.8. The van der Waals surface area contributed by atoms with Crippen LogP contribution in [0.15, 0.2) is 72.9 Å². The lowest BCUT2D eigenvalue weighted by Crippen LogP contribution is -2.31. The van der Waals surface area contributed by atoms with Gasteiger partial charge in [-0.25, -0.2) is 9.78 Å². The van der Waals surface area contributed by atoms with E-state index >= 15 is 0 Å². The smallest absolute Gasteiger partial charge is 0.292 e. The molecule has 0 unspecified atom stereocenters. The number of pyridine rings is 1. The number of hydrogen-bond acceptors (Lipinski definition) is 3. The number of anilines is 4. The number of carbonyl (C=O) groups is 2. The van der Waals surface area contributed by atoms with Crippen molar-refractivity contribution in [2.75, 3.05) is 27.8 Å². The van der Waals surface area contributed by atoms with Gasteiger partial charge in [0.05, 0.1) is 12.1 Å². The Hall–Kier alpha value is -3.67. The van der Waals surface area contributed by atoms with Gasteiger partial charge in [0.2, 0.25) is 5.91 Å². The van der Waals surface area contributed by atoms with Crippen molar-refractivity contribution in [2.24, 2.45) is 0 Å². The van der Waals surface area contributed by atoms with Crippen LogP contribution in [0.4, 0.5) is 27.7 Å². The Balaban J connectivity index is 1.39. The highest BCUT2D eigenvalue weighted by molar-refractivity contribution is 6.07. The number of para-hydroxylation sites is 1.